The van der Waals surface area contributed by atoms with Gasteiger partial charge in [0.25, 0.3) is 0 Å². The molecule has 0 bridgehead atoms. The topological polar surface area (TPSA) is 219 Å². The van der Waals surface area contributed by atoms with Crippen LogP contribution in [0, 0.1) is 0 Å². The standard InChI is InChI=1S/C41H50N4O11/c1-41(2,3)56-40(52)45-33(21-24-36(48)55-27-30-17-11-6-12-18-30)39(51)44-32(20-23-35(47)54-26-29-15-9-5-10-16-29)38(50)43-31(37(42)49)19-22-34(46)53-25-28-13-7-4-8-14-28/h4-18,31-33H,19-27H2,1-3H3,(H2,42,49)(H,43,50)(H,44,51)(H,45,52). The van der Waals surface area contributed by atoms with Gasteiger partial charge in [0.05, 0.1) is 0 Å². The second kappa shape index (κ2) is 22.8. The molecule has 4 amide bonds. The van der Waals surface area contributed by atoms with E-state index >= 15 is 0 Å². The molecule has 0 fully saturated rings. The summed E-state index contributed by atoms with van der Waals surface area (Å²) in [6.07, 6.45) is -2.64. The Morgan fingerprint density at radius 3 is 1.18 bits per heavy atom. The van der Waals surface area contributed by atoms with Crippen LogP contribution in [-0.2, 0) is 67.5 Å². The summed E-state index contributed by atoms with van der Waals surface area (Å²) in [6, 6.07) is 22.6. The maximum atomic E-state index is 13.7. The Kier molecular flexibility index (Phi) is 18.0. The number of esters is 3. The van der Waals surface area contributed by atoms with E-state index in [1.165, 1.54) is 0 Å². The zero-order chi connectivity index (χ0) is 40.9. The normalized spacial score (nSPS) is 12.5. The fourth-order valence-corrected chi connectivity index (χ4v) is 5.03. The van der Waals surface area contributed by atoms with Gasteiger partial charge in [-0.15, -0.1) is 0 Å². The van der Waals surface area contributed by atoms with Crippen molar-refractivity contribution in [3.63, 3.8) is 0 Å². The smallest absolute Gasteiger partial charge is 0.408 e. The van der Waals surface area contributed by atoms with Gasteiger partial charge in [0, 0.05) is 19.3 Å². The Morgan fingerprint density at radius 2 is 0.839 bits per heavy atom. The highest BCUT2D eigenvalue weighted by Gasteiger charge is 2.31. The van der Waals surface area contributed by atoms with Crippen LogP contribution in [0.2, 0.25) is 0 Å². The summed E-state index contributed by atoms with van der Waals surface area (Å²) < 4.78 is 21.2. The molecule has 3 aromatic rings. The van der Waals surface area contributed by atoms with Crippen molar-refractivity contribution in [3.05, 3.63) is 108 Å². The summed E-state index contributed by atoms with van der Waals surface area (Å²) in [6.45, 7) is 4.83. The molecule has 3 aromatic carbocycles. The first-order chi connectivity index (χ1) is 26.7. The SMILES string of the molecule is CC(C)(C)OC(=O)NC(CCC(=O)OCc1ccccc1)C(=O)NC(CCC(=O)OCc1ccccc1)C(=O)NC(CCC(=O)OCc1ccccc1)C(N)=O. The van der Waals surface area contributed by atoms with Gasteiger partial charge in [0.1, 0.15) is 43.5 Å². The van der Waals surface area contributed by atoms with Crippen LogP contribution >= 0.6 is 0 Å². The van der Waals surface area contributed by atoms with E-state index in [1.807, 2.05) is 18.2 Å². The lowest BCUT2D eigenvalue weighted by molar-refractivity contribution is -0.147. The van der Waals surface area contributed by atoms with Crippen molar-refractivity contribution in [1.29, 1.82) is 0 Å². The van der Waals surface area contributed by atoms with Crippen LogP contribution < -0.4 is 21.7 Å². The van der Waals surface area contributed by atoms with Gasteiger partial charge >= 0.3 is 24.0 Å². The lowest BCUT2D eigenvalue weighted by atomic mass is 10.1. The molecule has 0 heterocycles. The molecule has 3 rings (SSSR count). The monoisotopic (exact) mass is 774 g/mol. The van der Waals surface area contributed by atoms with Crippen LogP contribution in [-0.4, -0.2) is 65.4 Å². The van der Waals surface area contributed by atoms with Crippen LogP contribution in [0.3, 0.4) is 0 Å². The summed E-state index contributed by atoms with van der Waals surface area (Å²) in [5.74, 6) is -4.74. The summed E-state index contributed by atoms with van der Waals surface area (Å²) in [5.41, 5.74) is 6.87. The molecule has 0 saturated heterocycles. The number of carbonyl (C=O) groups is 7. The van der Waals surface area contributed by atoms with Crippen molar-refractivity contribution in [3.8, 4) is 0 Å². The van der Waals surface area contributed by atoms with E-state index in [2.05, 4.69) is 16.0 Å². The summed E-state index contributed by atoms with van der Waals surface area (Å²) in [5, 5.41) is 7.41. The number of benzene rings is 3. The molecular weight excluding hydrogens is 724 g/mol. The molecule has 5 N–H and O–H groups in total. The van der Waals surface area contributed by atoms with Gasteiger partial charge in [-0.05, 0) is 56.7 Å². The zero-order valence-electron chi connectivity index (χ0n) is 31.8. The van der Waals surface area contributed by atoms with Crippen molar-refractivity contribution in [2.24, 2.45) is 5.73 Å². The fourth-order valence-electron chi connectivity index (χ4n) is 5.03. The number of alkyl carbamates (subject to hydrolysis) is 1. The largest absolute Gasteiger partial charge is 0.461 e. The van der Waals surface area contributed by atoms with Crippen molar-refractivity contribution < 1.29 is 52.5 Å². The van der Waals surface area contributed by atoms with E-state index in [-0.39, 0.29) is 58.3 Å². The highest BCUT2D eigenvalue weighted by molar-refractivity contribution is 5.94. The van der Waals surface area contributed by atoms with E-state index in [0.717, 1.165) is 16.7 Å². The summed E-state index contributed by atoms with van der Waals surface area (Å²) in [7, 11) is 0. The fraction of sp³-hybridized carbons (Fsp3) is 0.390. The molecule has 15 heteroatoms. The summed E-state index contributed by atoms with van der Waals surface area (Å²) >= 11 is 0. The molecule has 0 aromatic heterocycles. The molecule has 0 spiro atoms. The third-order valence-electron chi connectivity index (χ3n) is 7.94. The number of nitrogens with one attached hydrogen (secondary N) is 3. The quantitative estimate of drug-likeness (QED) is 0.0899. The number of primary amides is 1. The minimum Gasteiger partial charge on any atom is -0.461 e. The van der Waals surface area contributed by atoms with Gasteiger partial charge in [0.15, 0.2) is 0 Å². The average molecular weight is 775 g/mol. The number of carbonyl (C=O) groups excluding carboxylic acids is 7. The van der Waals surface area contributed by atoms with Crippen molar-refractivity contribution in [1.82, 2.24) is 16.0 Å². The van der Waals surface area contributed by atoms with E-state index < -0.39 is 65.4 Å². The van der Waals surface area contributed by atoms with Gasteiger partial charge in [-0.25, -0.2) is 4.79 Å². The minimum atomic E-state index is -1.47. The molecule has 0 aliphatic carbocycles. The van der Waals surface area contributed by atoms with Crippen molar-refractivity contribution in [2.45, 2.75) is 103 Å². The first-order valence-corrected chi connectivity index (χ1v) is 18.2. The second-order valence-electron chi connectivity index (χ2n) is 13.8. The highest BCUT2D eigenvalue weighted by atomic mass is 16.6. The van der Waals surface area contributed by atoms with E-state index in [0.29, 0.717) is 0 Å². The number of nitrogens with two attached hydrogens (primary N) is 1. The van der Waals surface area contributed by atoms with Crippen LogP contribution in [0.1, 0.15) is 76.0 Å². The Hall–Kier alpha value is -6.25. The molecule has 15 nitrogen and oxygen atoms in total. The number of hydrogen-bond acceptors (Lipinski definition) is 11. The third-order valence-corrected chi connectivity index (χ3v) is 7.94. The first kappa shape index (κ1) is 44.1. The lowest BCUT2D eigenvalue weighted by Gasteiger charge is -2.26. The molecule has 3 unspecified atom stereocenters. The molecule has 0 radical (unpaired) electrons. The molecule has 0 aliphatic rings. The van der Waals surface area contributed by atoms with Crippen LogP contribution in [0.5, 0.6) is 0 Å². The first-order valence-electron chi connectivity index (χ1n) is 18.2. The minimum absolute atomic E-state index is 0.00495. The number of amides is 4. The van der Waals surface area contributed by atoms with Crippen molar-refractivity contribution >= 4 is 41.7 Å². The van der Waals surface area contributed by atoms with Gasteiger partial charge in [0.2, 0.25) is 17.7 Å². The molecular formula is C41H50N4O11. The van der Waals surface area contributed by atoms with Gasteiger partial charge in [-0.3, -0.25) is 28.8 Å². The van der Waals surface area contributed by atoms with Gasteiger partial charge < -0.3 is 40.6 Å². The van der Waals surface area contributed by atoms with Crippen LogP contribution in [0.4, 0.5) is 4.79 Å². The number of ether oxygens (including phenoxy) is 4. The maximum Gasteiger partial charge on any atom is 0.408 e. The highest BCUT2D eigenvalue weighted by Crippen LogP contribution is 2.12. The van der Waals surface area contributed by atoms with Crippen LogP contribution in [0.15, 0.2) is 91.0 Å². The Morgan fingerprint density at radius 1 is 0.518 bits per heavy atom. The van der Waals surface area contributed by atoms with E-state index in [9.17, 15) is 33.6 Å². The lowest BCUT2D eigenvalue weighted by Crippen LogP contribution is -2.56. The van der Waals surface area contributed by atoms with Crippen LogP contribution in [0.25, 0.3) is 0 Å². The number of rotatable bonds is 21. The predicted octanol–water partition coefficient (Wildman–Crippen LogP) is 3.91. The molecule has 300 valence electrons. The number of hydrogen-bond donors (Lipinski definition) is 4. The van der Waals surface area contributed by atoms with E-state index in [4.69, 9.17) is 24.7 Å². The predicted molar refractivity (Wildman–Crippen MR) is 203 cm³/mol. The molecule has 3 atom stereocenters. The third kappa shape index (κ3) is 17.7. The summed E-state index contributed by atoms with van der Waals surface area (Å²) in [4.78, 5) is 90.4. The van der Waals surface area contributed by atoms with Gasteiger partial charge in [-0.1, -0.05) is 91.0 Å². The molecule has 56 heavy (non-hydrogen) atoms. The Labute approximate surface area is 326 Å². The van der Waals surface area contributed by atoms with Gasteiger partial charge in [-0.2, -0.15) is 0 Å². The molecule has 0 aliphatic heterocycles. The Balaban J connectivity index is 1.72. The van der Waals surface area contributed by atoms with E-state index in [1.54, 1.807) is 93.6 Å². The zero-order valence-corrected chi connectivity index (χ0v) is 31.8. The second-order valence-corrected chi connectivity index (χ2v) is 13.8. The van der Waals surface area contributed by atoms with Crippen molar-refractivity contribution in [2.75, 3.05) is 0 Å². The average Bonchev–Trinajstić information content (AvgIpc) is 3.17. The maximum absolute atomic E-state index is 13.7. The Bertz CT molecular complexity index is 1750. The molecule has 0 saturated carbocycles.